The lowest BCUT2D eigenvalue weighted by Crippen LogP contribution is -2.28. The van der Waals surface area contributed by atoms with Crippen molar-refractivity contribution in [3.05, 3.63) is 0 Å². The molecule has 0 N–H and O–H groups in total. The molecular weight excluding hydrogens is 380 g/mol. The van der Waals surface area contributed by atoms with Crippen LogP contribution in [0.1, 0.15) is 163 Å². The normalized spacial score (nSPS) is 11.7. The highest BCUT2D eigenvalue weighted by Crippen LogP contribution is 2.18. The molecular formula is C29H58O2. The highest BCUT2D eigenvalue weighted by molar-refractivity contribution is 5.69. The summed E-state index contributed by atoms with van der Waals surface area (Å²) in [5.41, 5.74) is 0. The SMILES string of the molecule is CCCCCCCCCCCCCCCCCCCCCC(=O)OC(C(C)C)C(C)C. The quantitative estimate of drug-likeness (QED) is 0.117. The first kappa shape index (κ1) is 30.5. The van der Waals surface area contributed by atoms with E-state index in [0.29, 0.717) is 18.3 Å². The van der Waals surface area contributed by atoms with Gasteiger partial charge in [0.15, 0.2) is 0 Å². The number of hydrogen-bond donors (Lipinski definition) is 0. The molecule has 0 aliphatic rings. The van der Waals surface area contributed by atoms with E-state index < -0.39 is 0 Å². The molecule has 0 aromatic carbocycles. The second-order valence-corrected chi connectivity index (χ2v) is 10.6. The standard InChI is InChI=1S/C29H58O2/c1-6-7-8-9-10-11-12-13-14-15-16-17-18-19-20-21-22-23-24-25-28(30)31-29(26(2)3)27(4)5/h26-27,29H,6-25H2,1-5H3. The summed E-state index contributed by atoms with van der Waals surface area (Å²) in [6.07, 6.45) is 26.9. The zero-order chi connectivity index (χ0) is 23.2. The van der Waals surface area contributed by atoms with Gasteiger partial charge in [0.05, 0.1) is 0 Å². The maximum Gasteiger partial charge on any atom is 0.306 e. The van der Waals surface area contributed by atoms with E-state index in [1.165, 1.54) is 116 Å². The van der Waals surface area contributed by atoms with Crippen LogP contribution < -0.4 is 0 Å². The van der Waals surface area contributed by atoms with Crippen molar-refractivity contribution in [3.8, 4) is 0 Å². The van der Waals surface area contributed by atoms with Crippen LogP contribution in [0, 0.1) is 11.8 Å². The van der Waals surface area contributed by atoms with Gasteiger partial charge in [-0.05, 0) is 18.3 Å². The van der Waals surface area contributed by atoms with Crippen LogP contribution in [-0.2, 0) is 9.53 Å². The third-order valence-corrected chi connectivity index (χ3v) is 6.57. The van der Waals surface area contributed by atoms with Crippen LogP contribution in [-0.4, -0.2) is 12.1 Å². The van der Waals surface area contributed by atoms with Gasteiger partial charge in [0, 0.05) is 6.42 Å². The molecule has 0 aliphatic carbocycles. The highest BCUT2D eigenvalue weighted by atomic mass is 16.5. The van der Waals surface area contributed by atoms with Crippen LogP contribution in [0.2, 0.25) is 0 Å². The van der Waals surface area contributed by atoms with Crippen molar-refractivity contribution in [1.82, 2.24) is 0 Å². The van der Waals surface area contributed by atoms with Gasteiger partial charge in [0.2, 0.25) is 0 Å². The van der Waals surface area contributed by atoms with Gasteiger partial charge in [0.25, 0.3) is 0 Å². The maximum atomic E-state index is 12.0. The summed E-state index contributed by atoms with van der Waals surface area (Å²) in [6.45, 7) is 10.8. The highest BCUT2D eigenvalue weighted by Gasteiger charge is 2.21. The van der Waals surface area contributed by atoms with Crippen molar-refractivity contribution in [2.45, 2.75) is 169 Å². The molecule has 2 heteroatoms. The molecule has 0 radical (unpaired) electrons. The van der Waals surface area contributed by atoms with Gasteiger partial charge >= 0.3 is 5.97 Å². The molecule has 2 nitrogen and oxygen atoms in total. The molecule has 0 aliphatic heterocycles. The molecule has 0 aromatic heterocycles. The Labute approximate surface area is 196 Å². The molecule has 0 saturated carbocycles. The van der Waals surface area contributed by atoms with Crippen molar-refractivity contribution >= 4 is 5.97 Å². The van der Waals surface area contributed by atoms with Crippen LogP contribution in [0.3, 0.4) is 0 Å². The van der Waals surface area contributed by atoms with Gasteiger partial charge < -0.3 is 4.74 Å². The van der Waals surface area contributed by atoms with E-state index in [1.54, 1.807) is 0 Å². The first-order valence-corrected chi connectivity index (χ1v) is 14.2. The van der Waals surface area contributed by atoms with Crippen molar-refractivity contribution in [3.63, 3.8) is 0 Å². The fraction of sp³-hybridized carbons (Fsp3) is 0.966. The second-order valence-electron chi connectivity index (χ2n) is 10.6. The van der Waals surface area contributed by atoms with Crippen LogP contribution in [0.15, 0.2) is 0 Å². The van der Waals surface area contributed by atoms with Crippen molar-refractivity contribution < 1.29 is 9.53 Å². The number of carbonyl (C=O) groups excluding carboxylic acids is 1. The molecule has 186 valence electrons. The third-order valence-electron chi connectivity index (χ3n) is 6.57. The molecule has 0 rings (SSSR count). The molecule has 0 saturated heterocycles. The Kier molecular flexibility index (Phi) is 22.3. The fourth-order valence-corrected chi connectivity index (χ4v) is 4.60. The summed E-state index contributed by atoms with van der Waals surface area (Å²) in [5, 5.41) is 0. The van der Waals surface area contributed by atoms with Gasteiger partial charge in [-0.1, -0.05) is 150 Å². The number of unbranched alkanes of at least 4 members (excludes halogenated alkanes) is 18. The predicted octanol–water partition coefficient (Wildman–Crippen LogP) is 10.0. The molecule has 0 unspecified atom stereocenters. The largest absolute Gasteiger partial charge is 0.462 e. The van der Waals surface area contributed by atoms with E-state index in [1.807, 2.05) is 0 Å². The maximum absolute atomic E-state index is 12.0. The first-order valence-electron chi connectivity index (χ1n) is 14.2. The Balaban J connectivity index is 3.27. The number of carbonyl (C=O) groups is 1. The average molecular weight is 439 g/mol. The van der Waals surface area contributed by atoms with Crippen molar-refractivity contribution in [2.24, 2.45) is 11.8 Å². The van der Waals surface area contributed by atoms with Crippen molar-refractivity contribution in [2.75, 3.05) is 0 Å². The van der Waals surface area contributed by atoms with E-state index in [-0.39, 0.29) is 12.1 Å². The van der Waals surface area contributed by atoms with E-state index in [9.17, 15) is 4.79 Å². The first-order chi connectivity index (χ1) is 15.0. The number of ether oxygens (including phenoxy) is 1. The zero-order valence-corrected chi connectivity index (χ0v) is 22.2. The number of esters is 1. The molecule has 31 heavy (non-hydrogen) atoms. The van der Waals surface area contributed by atoms with Crippen LogP contribution in [0.4, 0.5) is 0 Å². The summed E-state index contributed by atoms with van der Waals surface area (Å²) < 4.78 is 5.67. The van der Waals surface area contributed by atoms with Crippen LogP contribution in [0.5, 0.6) is 0 Å². The lowest BCUT2D eigenvalue weighted by atomic mass is 9.96. The Bertz CT molecular complexity index is 367. The minimum Gasteiger partial charge on any atom is -0.462 e. The molecule has 0 bridgehead atoms. The minimum absolute atomic E-state index is 0.000580. The monoisotopic (exact) mass is 438 g/mol. The Morgan fingerprint density at radius 3 is 1.10 bits per heavy atom. The third kappa shape index (κ3) is 21.1. The van der Waals surface area contributed by atoms with Crippen LogP contribution in [0.25, 0.3) is 0 Å². The molecule has 0 atom stereocenters. The Morgan fingerprint density at radius 1 is 0.516 bits per heavy atom. The Hall–Kier alpha value is -0.530. The zero-order valence-electron chi connectivity index (χ0n) is 22.2. The van der Waals surface area contributed by atoms with Crippen LogP contribution >= 0.6 is 0 Å². The lowest BCUT2D eigenvalue weighted by molar-refractivity contribution is -0.154. The molecule has 0 amide bonds. The van der Waals surface area contributed by atoms with E-state index >= 15 is 0 Å². The summed E-state index contributed by atoms with van der Waals surface area (Å²) in [7, 11) is 0. The number of rotatable bonds is 23. The second kappa shape index (κ2) is 22.7. The van der Waals surface area contributed by atoms with E-state index in [2.05, 4.69) is 34.6 Å². The van der Waals surface area contributed by atoms with E-state index in [0.717, 1.165) is 6.42 Å². The van der Waals surface area contributed by atoms with Gasteiger partial charge in [-0.25, -0.2) is 0 Å². The molecule has 0 heterocycles. The molecule has 0 aromatic rings. The summed E-state index contributed by atoms with van der Waals surface area (Å²) in [6, 6.07) is 0. The molecule has 0 spiro atoms. The number of hydrogen-bond acceptors (Lipinski definition) is 2. The minimum atomic E-state index is -0.000580. The predicted molar refractivity (Wildman–Crippen MR) is 138 cm³/mol. The van der Waals surface area contributed by atoms with Crippen molar-refractivity contribution in [1.29, 1.82) is 0 Å². The fourth-order valence-electron chi connectivity index (χ4n) is 4.60. The Morgan fingerprint density at radius 2 is 0.806 bits per heavy atom. The summed E-state index contributed by atoms with van der Waals surface area (Å²) >= 11 is 0. The lowest BCUT2D eigenvalue weighted by Gasteiger charge is -2.24. The average Bonchev–Trinajstić information content (AvgIpc) is 2.73. The summed E-state index contributed by atoms with van der Waals surface area (Å²) in [4.78, 5) is 12.0. The smallest absolute Gasteiger partial charge is 0.306 e. The van der Waals surface area contributed by atoms with Gasteiger partial charge in [-0.2, -0.15) is 0 Å². The molecule has 0 fully saturated rings. The topological polar surface area (TPSA) is 26.3 Å². The van der Waals surface area contributed by atoms with Gasteiger partial charge in [-0.3, -0.25) is 4.79 Å². The van der Waals surface area contributed by atoms with E-state index in [4.69, 9.17) is 4.74 Å². The van der Waals surface area contributed by atoms with Gasteiger partial charge in [0.1, 0.15) is 6.10 Å². The summed E-state index contributed by atoms with van der Waals surface area (Å²) in [5.74, 6) is 0.794. The van der Waals surface area contributed by atoms with Gasteiger partial charge in [-0.15, -0.1) is 0 Å².